The number of alkyl halides is 3. The maximum absolute atomic E-state index is 13.1. The molecule has 2 atom stereocenters. The third kappa shape index (κ3) is 5.96. The number of benzene rings is 1. The minimum absolute atomic E-state index is 0. The second kappa shape index (κ2) is 8.47. The molecule has 23 heavy (non-hydrogen) atoms. The van der Waals surface area contributed by atoms with Gasteiger partial charge in [0.25, 0.3) is 0 Å². The van der Waals surface area contributed by atoms with Crippen molar-refractivity contribution in [1.82, 2.24) is 10.6 Å². The van der Waals surface area contributed by atoms with Crippen LogP contribution >= 0.6 is 12.4 Å². The molecule has 2 N–H and O–H groups in total. The topological polar surface area (TPSA) is 50.4 Å². The summed E-state index contributed by atoms with van der Waals surface area (Å²) in [6.07, 6.45) is -4.78. The Kier molecular flexibility index (Phi) is 7.24. The third-order valence-corrected chi connectivity index (χ3v) is 3.27. The van der Waals surface area contributed by atoms with E-state index < -0.39 is 23.9 Å². The quantitative estimate of drug-likeness (QED) is 0.814. The van der Waals surface area contributed by atoms with Crippen LogP contribution in [-0.4, -0.2) is 37.9 Å². The molecule has 2 unspecified atom stereocenters. The standard InChI is InChI=1S/C14H16F4N2O2.ClH/c15-10-3-1-9(2-4-10)13(14(16,17)18)20-12(21)7-11-8-22-6-5-19-11;/h1-4,11,13,19H,5-8H2,(H,20,21);1H. The molecule has 4 nitrogen and oxygen atoms in total. The highest BCUT2D eigenvalue weighted by Crippen LogP contribution is 2.32. The summed E-state index contributed by atoms with van der Waals surface area (Å²) in [4.78, 5) is 11.8. The first-order valence-electron chi connectivity index (χ1n) is 6.79. The van der Waals surface area contributed by atoms with Crippen LogP contribution < -0.4 is 10.6 Å². The smallest absolute Gasteiger partial charge is 0.378 e. The van der Waals surface area contributed by atoms with E-state index in [0.29, 0.717) is 13.2 Å². The SMILES string of the molecule is Cl.O=C(CC1COCCN1)NC(c1ccc(F)cc1)C(F)(F)F. The van der Waals surface area contributed by atoms with Gasteiger partial charge in [0.15, 0.2) is 6.04 Å². The summed E-state index contributed by atoms with van der Waals surface area (Å²) in [6, 6.07) is 1.40. The van der Waals surface area contributed by atoms with Gasteiger partial charge in [-0.05, 0) is 17.7 Å². The van der Waals surface area contributed by atoms with Gasteiger partial charge in [-0.2, -0.15) is 13.2 Å². The van der Waals surface area contributed by atoms with E-state index in [2.05, 4.69) is 5.32 Å². The Morgan fingerprint density at radius 1 is 1.35 bits per heavy atom. The van der Waals surface area contributed by atoms with E-state index in [0.717, 1.165) is 24.3 Å². The molecule has 1 aliphatic heterocycles. The second-order valence-corrected chi connectivity index (χ2v) is 5.02. The van der Waals surface area contributed by atoms with Crippen molar-refractivity contribution in [1.29, 1.82) is 0 Å². The van der Waals surface area contributed by atoms with Crippen LogP contribution in [0.25, 0.3) is 0 Å². The molecule has 1 fully saturated rings. The molecule has 130 valence electrons. The van der Waals surface area contributed by atoms with E-state index in [-0.39, 0.29) is 37.0 Å². The van der Waals surface area contributed by atoms with E-state index in [4.69, 9.17) is 4.74 Å². The van der Waals surface area contributed by atoms with Crippen LogP contribution in [0.4, 0.5) is 17.6 Å². The van der Waals surface area contributed by atoms with Gasteiger partial charge >= 0.3 is 6.18 Å². The first kappa shape index (κ1) is 19.7. The molecule has 1 saturated heterocycles. The zero-order valence-electron chi connectivity index (χ0n) is 12.0. The van der Waals surface area contributed by atoms with Crippen LogP contribution in [0.2, 0.25) is 0 Å². The molecule has 0 bridgehead atoms. The van der Waals surface area contributed by atoms with Crippen LogP contribution in [0.15, 0.2) is 24.3 Å². The molecule has 0 spiro atoms. The molecular formula is C14H17ClF4N2O2. The monoisotopic (exact) mass is 356 g/mol. The number of morpholine rings is 1. The maximum atomic E-state index is 13.1. The van der Waals surface area contributed by atoms with Crippen LogP contribution in [0.3, 0.4) is 0 Å². The normalized spacial score (nSPS) is 19.6. The van der Waals surface area contributed by atoms with Crippen molar-refractivity contribution in [3.63, 3.8) is 0 Å². The highest BCUT2D eigenvalue weighted by molar-refractivity contribution is 5.85. The summed E-state index contributed by atoms with van der Waals surface area (Å²) in [7, 11) is 0. The summed E-state index contributed by atoms with van der Waals surface area (Å²) < 4.78 is 57.3. The van der Waals surface area contributed by atoms with E-state index in [1.165, 1.54) is 0 Å². The van der Waals surface area contributed by atoms with Crippen LogP contribution in [0, 0.1) is 5.82 Å². The second-order valence-electron chi connectivity index (χ2n) is 5.02. The lowest BCUT2D eigenvalue weighted by atomic mass is 10.1. The van der Waals surface area contributed by atoms with Crippen molar-refractivity contribution < 1.29 is 27.1 Å². The Balaban J connectivity index is 0.00000264. The number of hydrogen-bond donors (Lipinski definition) is 2. The minimum Gasteiger partial charge on any atom is -0.378 e. The fraction of sp³-hybridized carbons (Fsp3) is 0.500. The van der Waals surface area contributed by atoms with Crippen molar-refractivity contribution in [2.45, 2.75) is 24.7 Å². The number of hydrogen-bond acceptors (Lipinski definition) is 3. The first-order chi connectivity index (χ1) is 10.4. The maximum Gasteiger partial charge on any atom is 0.412 e. The van der Waals surface area contributed by atoms with Gasteiger partial charge in [0, 0.05) is 19.0 Å². The zero-order chi connectivity index (χ0) is 16.2. The van der Waals surface area contributed by atoms with Crippen LogP contribution in [0.5, 0.6) is 0 Å². The lowest BCUT2D eigenvalue weighted by molar-refractivity contribution is -0.163. The fourth-order valence-electron chi connectivity index (χ4n) is 2.20. The Hall–Kier alpha value is -1.38. The van der Waals surface area contributed by atoms with Gasteiger partial charge in [0.05, 0.1) is 13.2 Å². The minimum atomic E-state index is -4.66. The molecule has 0 aromatic heterocycles. The Bertz CT molecular complexity index is 504. The average Bonchev–Trinajstić information content (AvgIpc) is 2.46. The summed E-state index contributed by atoms with van der Waals surface area (Å²) in [5, 5.41) is 4.95. The molecule has 1 heterocycles. The Morgan fingerprint density at radius 3 is 2.52 bits per heavy atom. The fourth-order valence-corrected chi connectivity index (χ4v) is 2.20. The summed E-state index contributed by atoms with van der Waals surface area (Å²) in [5.41, 5.74) is -0.213. The lowest BCUT2D eigenvalue weighted by Crippen LogP contribution is -2.46. The van der Waals surface area contributed by atoms with Gasteiger partial charge in [0.1, 0.15) is 5.82 Å². The van der Waals surface area contributed by atoms with Gasteiger partial charge in [-0.1, -0.05) is 12.1 Å². The van der Waals surface area contributed by atoms with E-state index in [1.54, 1.807) is 0 Å². The molecule has 9 heteroatoms. The highest BCUT2D eigenvalue weighted by Gasteiger charge is 2.42. The van der Waals surface area contributed by atoms with E-state index in [1.807, 2.05) is 5.32 Å². The van der Waals surface area contributed by atoms with E-state index >= 15 is 0 Å². The third-order valence-electron chi connectivity index (χ3n) is 3.27. The van der Waals surface area contributed by atoms with Crippen LogP contribution in [-0.2, 0) is 9.53 Å². The number of rotatable bonds is 4. The molecule has 0 saturated carbocycles. The zero-order valence-corrected chi connectivity index (χ0v) is 12.8. The van der Waals surface area contributed by atoms with Gasteiger partial charge in [-0.15, -0.1) is 12.4 Å². The Labute approximate surface area is 137 Å². The number of halogens is 5. The number of nitrogens with one attached hydrogen (secondary N) is 2. The predicted molar refractivity (Wildman–Crippen MR) is 77.8 cm³/mol. The first-order valence-corrected chi connectivity index (χ1v) is 6.79. The lowest BCUT2D eigenvalue weighted by Gasteiger charge is -2.26. The Morgan fingerprint density at radius 2 is 2.00 bits per heavy atom. The van der Waals surface area contributed by atoms with Crippen molar-refractivity contribution in [2.24, 2.45) is 0 Å². The number of carbonyl (C=O) groups is 1. The van der Waals surface area contributed by atoms with Crippen molar-refractivity contribution >= 4 is 18.3 Å². The predicted octanol–water partition coefficient (Wildman–Crippen LogP) is 2.35. The number of ether oxygens (including phenoxy) is 1. The van der Waals surface area contributed by atoms with E-state index in [9.17, 15) is 22.4 Å². The molecule has 0 aliphatic carbocycles. The van der Waals surface area contributed by atoms with Crippen molar-refractivity contribution in [2.75, 3.05) is 19.8 Å². The molecule has 1 aromatic rings. The van der Waals surface area contributed by atoms with Gasteiger partial charge in [0.2, 0.25) is 5.91 Å². The van der Waals surface area contributed by atoms with Gasteiger partial charge in [-0.25, -0.2) is 4.39 Å². The highest BCUT2D eigenvalue weighted by atomic mass is 35.5. The average molecular weight is 357 g/mol. The molecule has 1 aromatic carbocycles. The molecule has 2 rings (SSSR count). The molecule has 1 aliphatic rings. The molecule has 0 radical (unpaired) electrons. The molecule has 1 amide bonds. The van der Waals surface area contributed by atoms with Gasteiger partial charge < -0.3 is 15.4 Å². The largest absolute Gasteiger partial charge is 0.412 e. The molecular weight excluding hydrogens is 340 g/mol. The van der Waals surface area contributed by atoms with Crippen molar-refractivity contribution in [3.05, 3.63) is 35.6 Å². The summed E-state index contributed by atoms with van der Waals surface area (Å²) in [5.74, 6) is -1.38. The van der Waals surface area contributed by atoms with Gasteiger partial charge in [-0.3, -0.25) is 4.79 Å². The summed E-state index contributed by atoms with van der Waals surface area (Å²) >= 11 is 0. The summed E-state index contributed by atoms with van der Waals surface area (Å²) in [6.45, 7) is 1.35. The number of carbonyl (C=O) groups excluding carboxylic acids is 1. The number of amides is 1. The van der Waals surface area contributed by atoms with Crippen molar-refractivity contribution in [3.8, 4) is 0 Å². The van der Waals surface area contributed by atoms with Crippen LogP contribution in [0.1, 0.15) is 18.0 Å².